The summed E-state index contributed by atoms with van der Waals surface area (Å²) < 4.78 is 5.97. The van der Waals surface area contributed by atoms with Crippen LogP contribution in [0.4, 0.5) is 4.79 Å². The summed E-state index contributed by atoms with van der Waals surface area (Å²) in [4.78, 5) is 29.5. The number of pyridine rings is 1. The van der Waals surface area contributed by atoms with Gasteiger partial charge in [0.2, 0.25) is 0 Å². The molecule has 1 aliphatic heterocycles. The number of rotatable bonds is 5. The normalized spacial score (nSPS) is 19.5. The standard InChI is InChI=1S/C19H21N3O4/c23-18(20-12-7-8-12)16-10-17(14-5-1-2-6-15(14)21-16)26-11-13-4-3-9-22(13)19(24)25/h1-2,5-6,10,12-13H,3-4,7-9,11H2,(H,20,23)(H,24,25)/t13-/m1/s1. The molecule has 0 unspecified atom stereocenters. The van der Waals surface area contributed by atoms with E-state index in [0.717, 1.165) is 31.1 Å². The molecular formula is C19H21N3O4. The Morgan fingerprint density at radius 1 is 1.27 bits per heavy atom. The minimum absolute atomic E-state index is 0.164. The summed E-state index contributed by atoms with van der Waals surface area (Å²) in [6.45, 7) is 0.805. The number of nitrogens with zero attached hydrogens (tertiary/aromatic N) is 2. The second-order valence-electron chi connectivity index (χ2n) is 6.85. The van der Waals surface area contributed by atoms with E-state index in [-0.39, 0.29) is 24.6 Å². The number of carboxylic acid groups (broad SMARTS) is 1. The minimum atomic E-state index is -0.916. The highest BCUT2D eigenvalue weighted by atomic mass is 16.5. The lowest BCUT2D eigenvalue weighted by atomic mass is 10.1. The second kappa shape index (κ2) is 6.82. The Balaban J connectivity index is 1.58. The third-order valence-electron chi connectivity index (χ3n) is 4.88. The van der Waals surface area contributed by atoms with Crippen LogP contribution in [0.5, 0.6) is 5.75 Å². The molecule has 0 bridgehead atoms. The van der Waals surface area contributed by atoms with Crippen LogP contribution in [0.15, 0.2) is 30.3 Å². The lowest BCUT2D eigenvalue weighted by Gasteiger charge is -2.22. The van der Waals surface area contributed by atoms with Crippen LogP contribution in [0.3, 0.4) is 0 Å². The van der Waals surface area contributed by atoms with Gasteiger partial charge in [0.1, 0.15) is 18.1 Å². The highest BCUT2D eigenvalue weighted by Gasteiger charge is 2.29. The van der Waals surface area contributed by atoms with Crippen molar-refractivity contribution in [3.63, 3.8) is 0 Å². The van der Waals surface area contributed by atoms with Gasteiger partial charge >= 0.3 is 6.09 Å². The monoisotopic (exact) mass is 355 g/mol. The third-order valence-corrected chi connectivity index (χ3v) is 4.88. The molecule has 2 aliphatic rings. The van der Waals surface area contributed by atoms with Crippen LogP contribution in [-0.2, 0) is 0 Å². The van der Waals surface area contributed by atoms with Gasteiger partial charge in [-0.25, -0.2) is 9.78 Å². The molecule has 7 heteroatoms. The molecule has 0 radical (unpaired) electrons. The predicted molar refractivity (Wildman–Crippen MR) is 95.5 cm³/mol. The van der Waals surface area contributed by atoms with Gasteiger partial charge in [0, 0.05) is 24.0 Å². The number of fused-ring (bicyclic) bond motifs is 1. The number of benzene rings is 1. The van der Waals surface area contributed by atoms with Gasteiger partial charge < -0.3 is 20.1 Å². The molecular weight excluding hydrogens is 334 g/mol. The Morgan fingerprint density at radius 3 is 2.85 bits per heavy atom. The Morgan fingerprint density at radius 2 is 2.08 bits per heavy atom. The first kappa shape index (κ1) is 16.6. The van der Waals surface area contributed by atoms with E-state index in [4.69, 9.17) is 4.74 Å². The average molecular weight is 355 g/mol. The summed E-state index contributed by atoms with van der Waals surface area (Å²) in [6, 6.07) is 9.23. The van der Waals surface area contributed by atoms with Crippen LogP contribution >= 0.6 is 0 Å². The van der Waals surface area contributed by atoms with Crippen molar-refractivity contribution in [1.82, 2.24) is 15.2 Å². The number of carbonyl (C=O) groups excluding carboxylic acids is 1. The van der Waals surface area contributed by atoms with E-state index in [2.05, 4.69) is 10.3 Å². The van der Waals surface area contributed by atoms with Crippen molar-refractivity contribution in [3.05, 3.63) is 36.0 Å². The van der Waals surface area contributed by atoms with Crippen molar-refractivity contribution in [3.8, 4) is 5.75 Å². The Hall–Kier alpha value is -2.83. The SMILES string of the molecule is O=C(NC1CC1)c1cc(OC[C@H]2CCCN2C(=O)O)c2ccccc2n1. The number of hydrogen-bond acceptors (Lipinski definition) is 4. The highest BCUT2D eigenvalue weighted by molar-refractivity contribution is 5.97. The molecule has 1 saturated carbocycles. The first-order valence-corrected chi connectivity index (χ1v) is 8.95. The van der Waals surface area contributed by atoms with Crippen molar-refractivity contribution >= 4 is 22.9 Å². The van der Waals surface area contributed by atoms with Crippen LogP contribution in [-0.4, -0.2) is 52.2 Å². The van der Waals surface area contributed by atoms with Gasteiger partial charge in [0.15, 0.2) is 0 Å². The zero-order chi connectivity index (χ0) is 18.1. The molecule has 26 heavy (non-hydrogen) atoms. The molecule has 2 heterocycles. The fourth-order valence-corrected chi connectivity index (χ4v) is 3.31. The lowest BCUT2D eigenvalue weighted by Crippen LogP contribution is -2.38. The molecule has 2 N–H and O–H groups in total. The van der Waals surface area contributed by atoms with Gasteiger partial charge in [-0.2, -0.15) is 0 Å². The summed E-state index contributed by atoms with van der Waals surface area (Å²) in [5.41, 5.74) is 1.01. The summed E-state index contributed by atoms with van der Waals surface area (Å²) in [6.07, 6.45) is 2.72. The topological polar surface area (TPSA) is 91.8 Å². The highest BCUT2D eigenvalue weighted by Crippen LogP contribution is 2.28. The van der Waals surface area contributed by atoms with E-state index in [9.17, 15) is 14.7 Å². The maximum atomic E-state index is 12.4. The quantitative estimate of drug-likeness (QED) is 0.860. The van der Waals surface area contributed by atoms with Gasteiger partial charge in [0.05, 0.1) is 11.6 Å². The van der Waals surface area contributed by atoms with Crippen LogP contribution in [0, 0.1) is 0 Å². The lowest BCUT2D eigenvalue weighted by molar-refractivity contribution is 0.0946. The van der Waals surface area contributed by atoms with Gasteiger partial charge in [-0.3, -0.25) is 4.79 Å². The molecule has 2 amide bonds. The van der Waals surface area contributed by atoms with Gasteiger partial charge in [0.25, 0.3) is 5.91 Å². The fraction of sp³-hybridized carbons (Fsp3) is 0.421. The number of likely N-dealkylation sites (tertiary alicyclic amines) is 1. The number of aromatic nitrogens is 1. The Bertz CT molecular complexity index is 850. The van der Waals surface area contributed by atoms with Crippen molar-refractivity contribution in [2.24, 2.45) is 0 Å². The van der Waals surface area contributed by atoms with Crippen LogP contribution in [0.1, 0.15) is 36.2 Å². The molecule has 1 saturated heterocycles. The summed E-state index contributed by atoms with van der Waals surface area (Å²) in [5.74, 6) is 0.366. The van der Waals surface area contributed by atoms with Crippen molar-refractivity contribution < 1.29 is 19.4 Å². The molecule has 2 aromatic rings. The molecule has 0 spiro atoms. The predicted octanol–water partition coefficient (Wildman–Crippen LogP) is 2.65. The van der Waals surface area contributed by atoms with Gasteiger partial charge in [-0.05, 0) is 37.8 Å². The number of para-hydroxylation sites is 1. The zero-order valence-electron chi connectivity index (χ0n) is 14.4. The molecule has 1 aliphatic carbocycles. The molecule has 1 atom stereocenters. The van der Waals surface area contributed by atoms with Crippen LogP contribution in [0.2, 0.25) is 0 Å². The van der Waals surface area contributed by atoms with Crippen molar-refractivity contribution in [2.75, 3.05) is 13.2 Å². The number of ether oxygens (including phenoxy) is 1. The average Bonchev–Trinajstić information content (AvgIpc) is 3.32. The van der Waals surface area contributed by atoms with Crippen LogP contribution in [0.25, 0.3) is 10.9 Å². The van der Waals surface area contributed by atoms with E-state index in [1.807, 2.05) is 24.3 Å². The van der Waals surface area contributed by atoms with E-state index in [1.54, 1.807) is 6.07 Å². The minimum Gasteiger partial charge on any atom is -0.491 e. The number of amides is 2. The number of nitrogens with one attached hydrogen (secondary N) is 1. The van der Waals surface area contributed by atoms with E-state index in [0.29, 0.717) is 23.5 Å². The molecule has 4 rings (SSSR count). The Kier molecular flexibility index (Phi) is 4.36. The number of hydrogen-bond donors (Lipinski definition) is 2. The summed E-state index contributed by atoms with van der Waals surface area (Å²) >= 11 is 0. The molecule has 7 nitrogen and oxygen atoms in total. The van der Waals surface area contributed by atoms with E-state index in [1.165, 1.54) is 4.90 Å². The fourth-order valence-electron chi connectivity index (χ4n) is 3.31. The summed E-state index contributed by atoms with van der Waals surface area (Å²) in [7, 11) is 0. The first-order valence-electron chi connectivity index (χ1n) is 8.95. The molecule has 1 aromatic heterocycles. The van der Waals surface area contributed by atoms with E-state index < -0.39 is 6.09 Å². The van der Waals surface area contributed by atoms with E-state index >= 15 is 0 Å². The largest absolute Gasteiger partial charge is 0.491 e. The molecule has 136 valence electrons. The zero-order valence-corrected chi connectivity index (χ0v) is 14.4. The van der Waals surface area contributed by atoms with Gasteiger partial charge in [-0.1, -0.05) is 12.1 Å². The second-order valence-corrected chi connectivity index (χ2v) is 6.85. The van der Waals surface area contributed by atoms with Crippen molar-refractivity contribution in [2.45, 2.75) is 37.8 Å². The maximum Gasteiger partial charge on any atom is 0.407 e. The van der Waals surface area contributed by atoms with Crippen LogP contribution < -0.4 is 10.1 Å². The Labute approximate surface area is 151 Å². The molecule has 2 fully saturated rings. The molecule has 1 aromatic carbocycles. The maximum absolute atomic E-state index is 12.4. The summed E-state index contributed by atoms with van der Waals surface area (Å²) in [5, 5.41) is 13.0. The van der Waals surface area contributed by atoms with Gasteiger partial charge in [-0.15, -0.1) is 0 Å². The smallest absolute Gasteiger partial charge is 0.407 e. The number of carbonyl (C=O) groups is 2. The third kappa shape index (κ3) is 3.42. The van der Waals surface area contributed by atoms with Crippen molar-refractivity contribution in [1.29, 1.82) is 0 Å². The first-order chi connectivity index (χ1) is 12.6.